The van der Waals surface area contributed by atoms with Crippen molar-refractivity contribution in [2.75, 3.05) is 26.2 Å². The lowest BCUT2D eigenvalue weighted by Crippen LogP contribution is -2.37. The van der Waals surface area contributed by atoms with Crippen molar-refractivity contribution in [2.24, 2.45) is 0 Å². The molecule has 2 heterocycles. The Hall–Kier alpha value is -2.40. The maximum absolute atomic E-state index is 13.8. The number of hydrogen-bond acceptors (Lipinski definition) is 4. The number of sulfonamides is 1. The van der Waals surface area contributed by atoms with Gasteiger partial charge in [0.25, 0.3) is 15.9 Å². The standard InChI is InChI=1S/C15H15F3N4O3S/c16-11-3-2-10(13(17)14(11)18)15(23)21-4-1-5-22(7-6-21)26(24,25)12-8-19-9-20-12/h2-3,8-9H,1,4-7H2,(H,19,20). The molecule has 1 aromatic heterocycles. The summed E-state index contributed by atoms with van der Waals surface area (Å²) in [4.78, 5) is 19.9. The number of rotatable bonds is 3. The Morgan fingerprint density at radius 2 is 1.85 bits per heavy atom. The van der Waals surface area contributed by atoms with Crippen LogP contribution in [0.5, 0.6) is 0 Å². The molecule has 140 valence electrons. The van der Waals surface area contributed by atoms with E-state index in [1.165, 1.54) is 21.7 Å². The van der Waals surface area contributed by atoms with Crippen molar-refractivity contribution in [3.63, 3.8) is 0 Å². The van der Waals surface area contributed by atoms with Crippen LogP contribution < -0.4 is 0 Å². The molecule has 0 atom stereocenters. The van der Waals surface area contributed by atoms with Crippen molar-refractivity contribution >= 4 is 15.9 Å². The van der Waals surface area contributed by atoms with Gasteiger partial charge >= 0.3 is 0 Å². The van der Waals surface area contributed by atoms with Gasteiger partial charge in [0.05, 0.1) is 18.1 Å². The first-order chi connectivity index (χ1) is 12.3. The number of nitrogens with one attached hydrogen (secondary N) is 1. The van der Waals surface area contributed by atoms with Crippen LogP contribution in [0.15, 0.2) is 29.7 Å². The second kappa shape index (κ2) is 7.08. The van der Waals surface area contributed by atoms with Crippen LogP contribution in [0.4, 0.5) is 13.2 Å². The first-order valence-corrected chi connectivity index (χ1v) is 9.17. The zero-order valence-corrected chi connectivity index (χ0v) is 14.3. The molecule has 11 heteroatoms. The number of nitrogens with zero attached hydrogens (tertiary/aromatic N) is 3. The van der Waals surface area contributed by atoms with Crippen molar-refractivity contribution in [3.05, 3.63) is 47.7 Å². The Balaban J connectivity index is 1.77. The molecule has 1 fully saturated rings. The number of hydrogen-bond donors (Lipinski definition) is 1. The van der Waals surface area contributed by atoms with Gasteiger partial charge in [-0.1, -0.05) is 0 Å². The summed E-state index contributed by atoms with van der Waals surface area (Å²) in [5, 5.41) is -0.0658. The van der Waals surface area contributed by atoms with Crippen LogP contribution in [0.2, 0.25) is 0 Å². The zero-order valence-electron chi connectivity index (χ0n) is 13.5. The summed E-state index contributed by atoms with van der Waals surface area (Å²) in [6, 6.07) is 1.55. The minimum absolute atomic E-state index is 0.00929. The number of imidazole rings is 1. The Bertz CT molecular complexity index is 918. The van der Waals surface area contributed by atoms with Gasteiger partial charge in [0, 0.05) is 26.2 Å². The Morgan fingerprint density at radius 3 is 2.54 bits per heavy atom. The number of halogens is 3. The van der Waals surface area contributed by atoms with Gasteiger partial charge in [0.2, 0.25) is 0 Å². The van der Waals surface area contributed by atoms with E-state index in [0.29, 0.717) is 12.5 Å². The number of aromatic amines is 1. The van der Waals surface area contributed by atoms with E-state index in [0.717, 1.165) is 6.07 Å². The SMILES string of the molecule is O=C(c1ccc(F)c(F)c1F)N1CCCN(S(=O)(=O)c2cnc[nH]2)CC1. The quantitative estimate of drug-likeness (QED) is 0.805. The summed E-state index contributed by atoms with van der Waals surface area (Å²) in [7, 11) is -3.78. The molecule has 3 rings (SSSR count). The number of H-pyrrole nitrogens is 1. The van der Waals surface area contributed by atoms with E-state index in [1.807, 2.05) is 0 Å². The van der Waals surface area contributed by atoms with Gasteiger partial charge < -0.3 is 9.88 Å². The molecule has 0 radical (unpaired) electrons. The lowest BCUT2D eigenvalue weighted by atomic mass is 10.1. The Kier molecular flexibility index (Phi) is 5.01. The molecular weight excluding hydrogens is 373 g/mol. The highest BCUT2D eigenvalue weighted by atomic mass is 32.2. The van der Waals surface area contributed by atoms with E-state index >= 15 is 0 Å². The van der Waals surface area contributed by atoms with Crippen LogP contribution in [0, 0.1) is 17.5 Å². The maximum Gasteiger partial charge on any atom is 0.260 e. The van der Waals surface area contributed by atoms with Gasteiger partial charge in [-0.05, 0) is 18.6 Å². The van der Waals surface area contributed by atoms with Crippen LogP contribution in [-0.2, 0) is 10.0 Å². The number of aromatic nitrogens is 2. The maximum atomic E-state index is 13.8. The van der Waals surface area contributed by atoms with E-state index in [4.69, 9.17) is 0 Å². The highest BCUT2D eigenvalue weighted by Crippen LogP contribution is 2.19. The number of carbonyl (C=O) groups excluding carboxylic acids is 1. The minimum atomic E-state index is -3.78. The average Bonchev–Trinajstić information content (AvgIpc) is 3.04. The molecule has 1 aliphatic rings. The molecule has 1 saturated heterocycles. The molecule has 0 aliphatic carbocycles. The molecule has 0 bridgehead atoms. The van der Waals surface area contributed by atoms with Gasteiger partial charge in [-0.3, -0.25) is 4.79 Å². The average molecular weight is 388 g/mol. The number of amides is 1. The summed E-state index contributed by atoms with van der Waals surface area (Å²) in [5.41, 5.74) is -0.589. The molecule has 0 saturated carbocycles. The first-order valence-electron chi connectivity index (χ1n) is 7.73. The molecule has 26 heavy (non-hydrogen) atoms. The fourth-order valence-electron chi connectivity index (χ4n) is 2.72. The van der Waals surface area contributed by atoms with Crippen molar-refractivity contribution < 1.29 is 26.4 Å². The van der Waals surface area contributed by atoms with Gasteiger partial charge in [0.15, 0.2) is 22.5 Å². The van der Waals surface area contributed by atoms with Gasteiger partial charge in [-0.15, -0.1) is 0 Å². The smallest absolute Gasteiger partial charge is 0.260 e. The predicted molar refractivity (Wildman–Crippen MR) is 84.2 cm³/mol. The fourth-order valence-corrected chi connectivity index (χ4v) is 4.09. The molecule has 1 aliphatic heterocycles. The second-order valence-corrected chi connectivity index (χ2v) is 7.59. The topological polar surface area (TPSA) is 86.4 Å². The first kappa shape index (κ1) is 18.4. The van der Waals surface area contributed by atoms with E-state index in [-0.39, 0.29) is 31.2 Å². The second-order valence-electron chi connectivity index (χ2n) is 5.69. The van der Waals surface area contributed by atoms with Crippen molar-refractivity contribution in [1.82, 2.24) is 19.2 Å². The van der Waals surface area contributed by atoms with Gasteiger partial charge in [0.1, 0.15) is 0 Å². The summed E-state index contributed by atoms with van der Waals surface area (Å²) < 4.78 is 66.4. The van der Waals surface area contributed by atoms with Crippen molar-refractivity contribution in [1.29, 1.82) is 0 Å². The summed E-state index contributed by atoms with van der Waals surface area (Å²) in [6.07, 6.45) is 2.73. The van der Waals surface area contributed by atoms with Crippen LogP contribution in [0.3, 0.4) is 0 Å². The van der Waals surface area contributed by atoms with Gasteiger partial charge in [-0.2, -0.15) is 4.31 Å². The normalized spacial score (nSPS) is 16.5. The summed E-state index contributed by atoms with van der Waals surface area (Å²) in [6.45, 7) is 0.292. The summed E-state index contributed by atoms with van der Waals surface area (Å²) in [5.74, 6) is -5.47. The molecule has 2 aromatic rings. The van der Waals surface area contributed by atoms with Crippen LogP contribution in [-0.4, -0.2) is 59.7 Å². The van der Waals surface area contributed by atoms with Crippen molar-refractivity contribution in [2.45, 2.75) is 11.4 Å². The molecule has 1 N–H and O–H groups in total. The molecule has 7 nitrogen and oxygen atoms in total. The molecule has 0 spiro atoms. The Morgan fingerprint density at radius 1 is 1.08 bits per heavy atom. The van der Waals surface area contributed by atoms with E-state index < -0.39 is 38.9 Å². The van der Waals surface area contributed by atoms with Gasteiger partial charge in [-0.25, -0.2) is 26.6 Å². The van der Waals surface area contributed by atoms with Crippen molar-refractivity contribution in [3.8, 4) is 0 Å². The highest BCUT2D eigenvalue weighted by molar-refractivity contribution is 7.89. The highest BCUT2D eigenvalue weighted by Gasteiger charge is 2.30. The third-order valence-electron chi connectivity index (χ3n) is 4.10. The number of carbonyl (C=O) groups is 1. The lowest BCUT2D eigenvalue weighted by Gasteiger charge is -2.21. The number of benzene rings is 1. The van der Waals surface area contributed by atoms with Crippen LogP contribution in [0.25, 0.3) is 0 Å². The molecule has 1 amide bonds. The summed E-state index contributed by atoms with van der Waals surface area (Å²) >= 11 is 0. The molecule has 0 unspecified atom stereocenters. The van der Waals surface area contributed by atoms with Crippen LogP contribution >= 0.6 is 0 Å². The predicted octanol–water partition coefficient (Wildman–Crippen LogP) is 1.36. The Labute approximate surface area is 147 Å². The molecular formula is C15H15F3N4O3S. The monoisotopic (exact) mass is 388 g/mol. The van der Waals surface area contributed by atoms with Crippen LogP contribution in [0.1, 0.15) is 16.8 Å². The lowest BCUT2D eigenvalue weighted by molar-refractivity contribution is 0.0758. The van der Waals surface area contributed by atoms with E-state index in [9.17, 15) is 26.4 Å². The third kappa shape index (κ3) is 3.31. The largest absolute Gasteiger partial charge is 0.337 e. The molecule has 1 aromatic carbocycles. The minimum Gasteiger partial charge on any atom is -0.337 e. The fraction of sp³-hybridized carbons (Fsp3) is 0.333. The third-order valence-corrected chi connectivity index (χ3v) is 5.92. The zero-order chi connectivity index (χ0) is 18.9. The van der Waals surface area contributed by atoms with E-state index in [1.54, 1.807) is 0 Å². The van der Waals surface area contributed by atoms with E-state index in [2.05, 4.69) is 9.97 Å².